The lowest BCUT2D eigenvalue weighted by atomic mass is 9.82. The van der Waals surface area contributed by atoms with E-state index in [1.807, 2.05) is 6.07 Å². The summed E-state index contributed by atoms with van der Waals surface area (Å²) >= 11 is 0. The molecule has 0 bridgehead atoms. The van der Waals surface area contributed by atoms with Gasteiger partial charge in [0.1, 0.15) is 0 Å². The molecule has 254 valence electrons. The summed E-state index contributed by atoms with van der Waals surface area (Å²) in [7, 11) is 0. The number of nitrogens with zero attached hydrogens (tertiary/aromatic N) is 3. The molecule has 2 aliphatic carbocycles. The maximum absolute atomic E-state index is 5.25. The molecular formula is C50H39N3. The van der Waals surface area contributed by atoms with E-state index in [1.165, 1.54) is 44.5 Å². The van der Waals surface area contributed by atoms with Crippen LogP contribution in [-0.4, -0.2) is 9.97 Å². The molecule has 2 aliphatic rings. The lowest BCUT2D eigenvalue weighted by molar-refractivity contribution is 0.660. The zero-order valence-corrected chi connectivity index (χ0v) is 30.4. The second kappa shape index (κ2) is 11.6. The van der Waals surface area contributed by atoms with Crippen molar-refractivity contribution in [2.24, 2.45) is 0 Å². The second-order valence-electron chi connectivity index (χ2n) is 15.4. The van der Waals surface area contributed by atoms with Gasteiger partial charge in [0.05, 0.1) is 16.9 Å². The summed E-state index contributed by atoms with van der Waals surface area (Å²) in [5, 5.41) is 1.04. The van der Waals surface area contributed by atoms with E-state index in [1.54, 1.807) is 0 Å². The molecule has 10 rings (SSSR count). The minimum absolute atomic E-state index is 0.121. The zero-order chi connectivity index (χ0) is 35.9. The molecule has 3 nitrogen and oxygen atoms in total. The van der Waals surface area contributed by atoms with Crippen molar-refractivity contribution in [3.8, 4) is 44.9 Å². The Morgan fingerprint density at radius 1 is 0.434 bits per heavy atom. The van der Waals surface area contributed by atoms with Crippen molar-refractivity contribution >= 4 is 28.0 Å². The third kappa shape index (κ3) is 4.73. The topological polar surface area (TPSA) is 29.0 Å². The first kappa shape index (κ1) is 31.4. The fourth-order valence-corrected chi connectivity index (χ4v) is 8.99. The van der Waals surface area contributed by atoms with Crippen molar-refractivity contribution in [3.05, 3.63) is 186 Å². The number of hydrogen-bond donors (Lipinski definition) is 0. The van der Waals surface area contributed by atoms with Gasteiger partial charge in [-0.15, -0.1) is 0 Å². The summed E-state index contributed by atoms with van der Waals surface area (Å²) in [6.07, 6.45) is 0. The molecule has 0 N–H and O–H groups in total. The average Bonchev–Trinajstić information content (AvgIpc) is 3.58. The average molecular weight is 682 g/mol. The first-order chi connectivity index (χ1) is 25.8. The van der Waals surface area contributed by atoms with Crippen molar-refractivity contribution in [1.29, 1.82) is 0 Å². The van der Waals surface area contributed by atoms with E-state index < -0.39 is 0 Å². The van der Waals surface area contributed by atoms with Gasteiger partial charge in [0, 0.05) is 44.3 Å². The highest BCUT2D eigenvalue weighted by Crippen LogP contribution is 2.55. The van der Waals surface area contributed by atoms with E-state index in [4.69, 9.17) is 9.97 Å². The summed E-state index contributed by atoms with van der Waals surface area (Å²) in [6.45, 7) is 9.41. The molecular weight excluding hydrogens is 643 g/mol. The molecule has 0 atom stereocenters. The van der Waals surface area contributed by atoms with Crippen molar-refractivity contribution < 1.29 is 0 Å². The monoisotopic (exact) mass is 681 g/mol. The highest BCUT2D eigenvalue weighted by molar-refractivity contribution is 5.97. The van der Waals surface area contributed by atoms with Gasteiger partial charge in [0.2, 0.25) is 0 Å². The lowest BCUT2D eigenvalue weighted by Crippen LogP contribution is -2.17. The number of anilines is 3. The molecule has 0 unspecified atom stereocenters. The molecule has 0 aliphatic heterocycles. The molecule has 0 radical (unpaired) electrons. The van der Waals surface area contributed by atoms with E-state index >= 15 is 0 Å². The molecule has 0 amide bonds. The van der Waals surface area contributed by atoms with Crippen LogP contribution in [-0.2, 0) is 10.8 Å². The fourth-order valence-electron chi connectivity index (χ4n) is 8.99. The standard InChI is InChI=1S/C50H39N3/c1-49(2)41-24-12-9-21-38(41)46-42(49)25-15-27-45(46)53(35-28-29-37-36-20-8-11-23-40(36)50(3,4)43(37)31-35)34-19-14-18-33(30-34)48-51-44-26-13-10-22-39(44)47(52-48)32-16-6-5-7-17-32/h5-31H,1-4H3. The summed E-state index contributed by atoms with van der Waals surface area (Å²) in [6, 6.07) is 59.2. The highest BCUT2D eigenvalue weighted by atomic mass is 15.1. The van der Waals surface area contributed by atoms with Crippen LogP contribution in [0.15, 0.2) is 164 Å². The Morgan fingerprint density at radius 3 is 1.87 bits per heavy atom. The number of aromatic nitrogens is 2. The van der Waals surface area contributed by atoms with Crippen LogP contribution in [0.1, 0.15) is 49.9 Å². The Labute approximate surface area is 311 Å². The number of para-hydroxylation sites is 1. The van der Waals surface area contributed by atoms with Crippen LogP contribution in [0.4, 0.5) is 17.1 Å². The number of hydrogen-bond acceptors (Lipinski definition) is 3. The van der Waals surface area contributed by atoms with Crippen LogP contribution >= 0.6 is 0 Å². The molecule has 3 heteroatoms. The molecule has 8 aromatic rings. The minimum atomic E-state index is -0.130. The van der Waals surface area contributed by atoms with Crippen LogP contribution in [0.5, 0.6) is 0 Å². The second-order valence-corrected chi connectivity index (χ2v) is 15.4. The van der Waals surface area contributed by atoms with Gasteiger partial charge in [-0.1, -0.05) is 155 Å². The zero-order valence-electron chi connectivity index (χ0n) is 30.4. The normalized spacial score (nSPS) is 14.3. The molecule has 1 heterocycles. The van der Waals surface area contributed by atoms with Gasteiger partial charge in [0.15, 0.2) is 5.82 Å². The van der Waals surface area contributed by atoms with E-state index in [0.29, 0.717) is 5.82 Å². The van der Waals surface area contributed by atoms with Crippen molar-refractivity contribution in [3.63, 3.8) is 0 Å². The van der Waals surface area contributed by atoms with Gasteiger partial charge < -0.3 is 4.90 Å². The van der Waals surface area contributed by atoms with Crippen molar-refractivity contribution in [2.45, 2.75) is 38.5 Å². The van der Waals surface area contributed by atoms with E-state index in [0.717, 1.165) is 44.8 Å². The van der Waals surface area contributed by atoms with Gasteiger partial charge in [-0.05, 0) is 75.3 Å². The van der Waals surface area contributed by atoms with Crippen LogP contribution in [0.2, 0.25) is 0 Å². The maximum atomic E-state index is 5.25. The Hall–Kier alpha value is -6.32. The van der Waals surface area contributed by atoms with Crippen LogP contribution < -0.4 is 4.90 Å². The van der Waals surface area contributed by atoms with Gasteiger partial charge in [0.25, 0.3) is 0 Å². The fraction of sp³-hybridized carbons (Fsp3) is 0.120. The molecule has 0 fully saturated rings. The number of fused-ring (bicyclic) bond motifs is 7. The van der Waals surface area contributed by atoms with Crippen LogP contribution in [0, 0.1) is 0 Å². The quantitative estimate of drug-likeness (QED) is 0.181. The van der Waals surface area contributed by atoms with Gasteiger partial charge in [-0.25, -0.2) is 9.97 Å². The molecule has 0 saturated carbocycles. The Morgan fingerprint density at radius 2 is 1.04 bits per heavy atom. The maximum Gasteiger partial charge on any atom is 0.160 e. The van der Waals surface area contributed by atoms with E-state index in [-0.39, 0.29) is 10.8 Å². The third-order valence-corrected chi connectivity index (χ3v) is 11.7. The first-order valence-electron chi connectivity index (χ1n) is 18.5. The minimum Gasteiger partial charge on any atom is -0.310 e. The Balaban J connectivity index is 1.20. The predicted octanol–water partition coefficient (Wildman–Crippen LogP) is 13.0. The summed E-state index contributed by atoms with van der Waals surface area (Å²) < 4.78 is 0. The summed E-state index contributed by atoms with van der Waals surface area (Å²) in [4.78, 5) is 12.9. The predicted molar refractivity (Wildman–Crippen MR) is 220 cm³/mol. The molecule has 53 heavy (non-hydrogen) atoms. The molecule has 0 saturated heterocycles. The molecule has 7 aromatic carbocycles. The summed E-state index contributed by atoms with van der Waals surface area (Å²) in [5.41, 5.74) is 17.7. The highest BCUT2D eigenvalue weighted by Gasteiger charge is 2.39. The van der Waals surface area contributed by atoms with Crippen LogP contribution in [0.25, 0.3) is 55.8 Å². The Bertz CT molecular complexity index is 2740. The van der Waals surface area contributed by atoms with Crippen LogP contribution in [0.3, 0.4) is 0 Å². The van der Waals surface area contributed by atoms with E-state index in [9.17, 15) is 0 Å². The molecule has 1 aromatic heterocycles. The summed E-state index contributed by atoms with van der Waals surface area (Å²) in [5.74, 6) is 0.708. The largest absolute Gasteiger partial charge is 0.310 e. The number of benzene rings is 7. The van der Waals surface area contributed by atoms with Crippen molar-refractivity contribution in [2.75, 3.05) is 4.90 Å². The first-order valence-corrected chi connectivity index (χ1v) is 18.5. The van der Waals surface area contributed by atoms with E-state index in [2.05, 4.69) is 190 Å². The van der Waals surface area contributed by atoms with Gasteiger partial charge in [-0.3, -0.25) is 0 Å². The lowest BCUT2D eigenvalue weighted by Gasteiger charge is -2.30. The SMILES string of the molecule is CC1(C)c2ccccc2-c2ccc(N(c3cccc(-c4nc(-c5ccccc5)c5ccccc5n4)c3)c3cccc4c3-c3ccccc3C4(C)C)cc21. The smallest absolute Gasteiger partial charge is 0.160 e. The third-order valence-electron chi connectivity index (χ3n) is 11.7. The van der Waals surface area contributed by atoms with Gasteiger partial charge in [-0.2, -0.15) is 0 Å². The Kier molecular flexibility index (Phi) is 6.87. The van der Waals surface area contributed by atoms with Crippen molar-refractivity contribution in [1.82, 2.24) is 9.97 Å². The molecule has 0 spiro atoms. The van der Waals surface area contributed by atoms with Gasteiger partial charge >= 0.3 is 0 Å². The number of rotatable bonds is 5.